The van der Waals surface area contributed by atoms with Crippen molar-refractivity contribution in [3.63, 3.8) is 0 Å². The molecule has 2 rings (SSSR count). The second-order valence-corrected chi connectivity index (χ2v) is 3.09. The summed E-state index contributed by atoms with van der Waals surface area (Å²) in [5, 5.41) is 15.4. The first-order chi connectivity index (χ1) is 7.13. The average Bonchev–Trinajstić information content (AvgIpc) is 2.51. The minimum atomic E-state index is -0.439. The van der Waals surface area contributed by atoms with Gasteiger partial charge in [-0.2, -0.15) is 5.10 Å². The van der Waals surface area contributed by atoms with Crippen LogP contribution in [0.25, 0.3) is 10.9 Å². The molecule has 0 bridgehead atoms. The van der Waals surface area contributed by atoms with E-state index in [0.717, 1.165) is 0 Å². The standard InChI is InChI=1S/C9H9N3O3/c1-11-9(15-2)7-5-6(12(13)14)3-4-8(7)10-11/h3-5H,1-2H3. The average molecular weight is 207 g/mol. The largest absolute Gasteiger partial charge is 0.481 e. The van der Waals surface area contributed by atoms with E-state index in [2.05, 4.69) is 5.10 Å². The van der Waals surface area contributed by atoms with Crippen molar-refractivity contribution in [3.8, 4) is 5.88 Å². The Morgan fingerprint density at radius 1 is 1.53 bits per heavy atom. The van der Waals surface area contributed by atoms with Gasteiger partial charge < -0.3 is 4.74 Å². The summed E-state index contributed by atoms with van der Waals surface area (Å²) in [4.78, 5) is 10.1. The quantitative estimate of drug-likeness (QED) is 0.552. The third kappa shape index (κ3) is 1.39. The van der Waals surface area contributed by atoms with Gasteiger partial charge in [0.2, 0.25) is 5.88 Å². The highest BCUT2D eigenvalue weighted by atomic mass is 16.6. The predicted molar refractivity (Wildman–Crippen MR) is 53.9 cm³/mol. The van der Waals surface area contributed by atoms with Crippen LogP contribution in [0.15, 0.2) is 18.2 Å². The van der Waals surface area contributed by atoms with Crippen LogP contribution in [0.1, 0.15) is 0 Å². The van der Waals surface area contributed by atoms with Crippen molar-refractivity contribution < 1.29 is 9.66 Å². The van der Waals surface area contributed by atoms with Crippen molar-refractivity contribution >= 4 is 16.6 Å². The van der Waals surface area contributed by atoms with Gasteiger partial charge in [0.05, 0.1) is 22.9 Å². The molecule has 1 aromatic carbocycles. The SMILES string of the molecule is COc1c2cc([N+](=O)[O-])ccc2nn1C. The van der Waals surface area contributed by atoms with E-state index in [4.69, 9.17) is 4.74 Å². The van der Waals surface area contributed by atoms with Crippen molar-refractivity contribution in [1.82, 2.24) is 9.78 Å². The Morgan fingerprint density at radius 3 is 2.87 bits per heavy atom. The van der Waals surface area contributed by atoms with Crippen molar-refractivity contribution in [2.45, 2.75) is 0 Å². The van der Waals surface area contributed by atoms with Crippen molar-refractivity contribution in [2.75, 3.05) is 7.11 Å². The Bertz CT molecular complexity index is 533. The number of nitrogens with zero attached hydrogens (tertiary/aromatic N) is 3. The van der Waals surface area contributed by atoms with E-state index in [0.29, 0.717) is 16.8 Å². The zero-order valence-electron chi connectivity index (χ0n) is 8.30. The maximum absolute atomic E-state index is 10.6. The number of benzene rings is 1. The molecule has 0 saturated carbocycles. The molecular weight excluding hydrogens is 198 g/mol. The lowest BCUT2D eigenvalue weighted by Crippen LogP contribution is -1.94. The number of methoxy groups -OCH3 is 1. The summed E-state index contributed by atoms with van der Waals surface area (Å²) in [6.45, 7) is 0. The van der Waals surface area contributed by atoms with Gasteiger partial charge in [-0.3, -0.25) is 10.1 Å². The Balaban J connectivity index is 2.73. The molecule has 78 valence electrons. The van der Waals surface area contributed by atoms with Crippen LogP contribution < -0.4 is 4.74 Å². The number of aryl methyl sites for hydroxylation is 1. The molecule has 0 amide bonds. The number of hydrogen-bond acceptors (Lipinski definition) is 4. The highest BCUT2D eigenvalue weighted by Gasteiger charge is 2.13. The van der Waals surface area contributed by atoms with Crippen LogP contribution in [0.5, 0.6) is 5.88 Å². The van der Waals surface area contributed by atoms with Crippen LogP contribution in [0.4, 0.5) is 5.69 Å². The molecule has 0 saturated heterocycles. The molecule has 2 aromatic rings. The summed E-state index contributed by atoms with van der Waals surface area (Å²) in [7, 11) is 3.24. The Hall–Kier alpha value is -2.11. The lowest BCUT2D eigenvalue weighted by atomic mass is 10.2. The monoisotopic (exact) mass is 207 g/mol. The lowest BCUT2D eigenvalue weighted by molar-refractivity contribution is -0.384. The van der Waals surface area contributed by atoms with Gasteiger partial charge in [0.1, 0.15) is 0 Å². The Morgan fingerprint density at radius 2 is 2.27 bits per heavy atom. The summed E-state index contributed by atoms with van der Waals surface area (Å²) in [5.41, 5.74) is 0.716. The highest BCUT2D eigenvalue weighted by Crippen LogP contribution is 2.27. The van der Waals surface area contributed by atoms with Crippen LogP contribution in [0, 0.1) is 10.1 Å². The molecule has 0 atom stereocenters. The first-order valence-corrected chi connectivity index (χ1v) is 4.28. The van der Waals surface area contributed by atoms with Crippen molar-refractivity contribution in [1.29, 1.82) is 0 Å². The number of nitro groups is 1. The first kappa shape index (κ1) is 9.45. The van der Waals surface area contributed by atoms with Crippen molar-refractivity contribution in [3.05, 3.63) is 28.3 Å². The molecule has 0 aliphatic heterocycles. The number of aromatic nitrogens is 2. The molecule has 0 spiro atoms. The summed E-state index contributed by atoms with van der Waals surface area (Å²) >= 11 is 0. The van der Waals surface area contributed by atoms with Crippen LogP contribution in [-0.4, -0.2) is 21.8 Å². The van der Waals surface area contributed by atoms with Gasteiger partial charge in [0, 0.05) is 19.2 Å². The maximum atomic E-state index is 10.6. The van der Waals surface area contributed by atoms with Gasteiger partial charge in [0.25, 0.3) is 5.69 Å². The molecule has 0 aliphatic rings. The van der Waals surface area contributed by atoms with Gasteiger partial charge in [-0.25, -0.2) is 4.68 Å². The molecule has 0 N–H and O–H groups in total. The van der Waals surface area contributed by atoms with Gasteiger partial charge in [-0.1, -0.05) is 0 Å². The zero-order chi connectivity index (χ0) is 11.0. The fourth-order valence-electron chi connectivity index (χ4n) is 1.52. The Kier molecular flexibility index (Phi) is 2.03. The molecule has 6 nitrogen and oxygen atoms in total. The van der Waals surface area contributed by atoms with E-state index < -0.39 is 4.92 Å². The topological polar surface area (TPSA) is 70.2 Å². The summed E-state index contributed by atoms with van der Waals surface area (Å²) in [6, 6.07) is 4.49. The summed E-state index contributed by atoms with van der Waals surface area (Å²) in [6.07, 6.45) is 0. The van der Waals surface area contributed by atoms with Crippen LogP contribution in [0.3, 0.4) is 0 Å². The van der Waals surface area contributed by atoms with Crippen LogP contribution >= 0.6 is 0 Å². The molecule has 0 fully saturated rings. The summed E-state index contributed by atoms with van der Waals surface area (Å²) in [5.74, 6) is 0.522. The molecule has 0 unspecified atom stereocenters. The predicted octanol–water partition coefficient (Wildman–Crippen LogP) is 1.49. The zero-order valence-corrected chi connectivity index (χ0v) is 8.30. The van der Waals surface area contributed by atoms with Crippen LogP contribution in [-0.2, 0) is 7.05 Å². The van der Waals surface area contributed by atoms with E-state index in [1.165, 1.54) is 19.2 Å². The second-order valence-electron chi connectivity index (χ2n) is 3.09. The normalized spacial score (nSPS) is 10.5. The number of hydrogen-bond donors (Lipinski definition) is 0. The van der Waals surface area contributed by atoms with Gasteiger partial charge in [0.15, 0.2) is 0 Å². The number of rotatable bonds is 2. The molecule has 0 aliphatic carbocycles. The van der Waals surface area contributed by atoms with Crippen LogP contribution in [0.2, 0.25) is 0 Å². The minimum absolute atomic E-state index is 0.0359. The molecule has 15 heavy (non-hydrogen) atoms. The van der Waals surface area contributed by atoms with Gasteiger partial charge >= 0.3 is 0 Å². The minimum Gasteiger partial charge on any atom is -0.481 e. The summed E-state index contributed by atoms with van der Waals surface area (Å²) < 4.78 is 6.66. The molecule has 6 heteroatoms. The van der Waals surface area contributed by atoms with Gasteiger partial charge in [-0.05, 0) is 6.07 Å². The molecular formula is C9H9N3O3. The lowest BCUT2D eigenvalue weighted by Gasteiger charge is -1.98. The number of fused-ring (bicyclic) bond motifs is 1. The Labute approximate surface area is 85.2 Å². The number of nitro benzene ring substituents is 1. The molecule has 0 radical (unpaired) electrons. The smallest absolute Gasteiger partial charge is 0.270 e. The van der Waals surface area contributed by atoms with Crippen molar-refractivity contribution in [2.24, 2.45) is 7.05 Å². The molecule has 1 aromatic heterocycles. The fourth-order valence-corrected chi connectivity index (χ4v) is 1.52. The third-order valence-corrected chi connectivity index (χ3v) is 2.17. The fraction of sp³-hybridized carbons (Fsp3) is 0.222. The van der Waals surface area contributed by atoms with E-state index in [1.54, 1.807) is 17.8 Å². The van der Waals surface area contributed by atoms with E-state index in [9.17, 15) is 10.1 Å². The van der Waals surface area contributed by atoms with E-state index >= 15 is 0 Å². The second kappa shape index (κ2) is 3.23. The molecule has 1 heterocycles. The van der Waals surface area contributed by atoms with Gasteiger partial charge in [-0.15, -0.1) is 0 Å². The number of non-ortho nitro benzene ring substituents is 1. The first-order valence-electron chi connectivity index (χ1n) is 4.28. The highest BCUT2D eigenvalue weighted by molar-refractivity contribution is 5.86. The maximum Gasteiger partial charge on any atom is 0.270 e. The van der Waals surface area contributed by atoms with E-state index in [-0.39, 0.29) is 5.69 Å². The van der Waals surface area contributed by atoms with E-state index in [1.807, 2.05) is 0 Å². The number of ether oxygens (including phenoxy) is 1. The third-order valence-electron chi connectivity index (χ3n) is 2.17.